The fourth-order valence-electron chi connectivity index (χ4n) is 2.76. The molecule has 2 rings (SSSR count). The van der Waals surface area contributed by atoms with E-state index in [2.05, 4.69) is 17.0 Å². The van der Waals surface area contributed by atoms with Crippen LogP contribution >= 0.6 is 0 Å². The van der Waals surface area contributed by atoms with Crippen LogP contribution in [0.4, 0.5) is 0 Å². The van der Waals surface area contributed by atoms with Crippen LogP contribution in [0.25, 0.3) is 0 Å². The van der Waals surface area contributed by atoms with Gasteiger partial charge in [0.15, 0.2) is 0 Å². The van der Waals surface area contributed by atoms with Crippen molar-refractivity contribution in [1.82, 2.24) is 10.0 Å². The molecule has 20 heavy (non-hydrogen) atoms. The molecule has 2 aliphatic heterocycles. The van der Waals surface area contributed by atoms with Crippen molar-refractivity contribution in [2.75, 3.05) is 24.6 Å². The van der Waals surface area contributed by atoms with Gasteiger partial charge in [-0.25, -0.2) is 21.6 Å². The zero-order valence-electron chi connectivity index (χ0n) is 11.8. The molecule has 118 valence electrons. The molecular weight excluding hydrogens is 300 g/mol. The predicted molar refractivity (Wildman–Crippen MR) is 78.8 cm³/mol. The molecule has 0 bridgehead atoms. The summed E-state index contributed by atoms with van der Waals surface area (Å²) in [6.45, 7) is 3.41. The lowest BCUT2D eigenvalue weighted by atomic mass is 9.96. The van der Waals surface area contributed by atoms with Gasteiger partial charge in [-0.2, -0.15) is 0 Å². The maximum absolute atomic E-state index is 12.2. The van der Waals surface area contributed by atoms with Crippen LogP contribution in [-0.2, 0) is 19.9 Å². The second kappa shape index (κ2) is 6.29. The molecule has 8 heteroatoms. The molecule has 6 nitrogen and oxygen atoms in total. The minimum absolute atomic E-state index is 0.0128. The van der Waals surface area contributed by atoms with Crippen molar-refractivity contribution in [3.05, 3.63) is 0 Å². The van der Waals surface area contributed by atoms with Gasteiger partial charge in [-0.15, -0.1) is 0 Å². The number of rotatable bonds is 4. The SMILES string of the molecule is CC1CCC(CNS(=O)(=O)C2CCS(=O)(=O)CC2)CN1. The van der Waals surface area contributed by atoms with Gasteiger partial charge in [-0.1, -0.05) is 0 Å². The Balaban J connectivity index is 1.82. The second-order valence-corrected chi connectivity index (χ2v) is 10.3. The molecule has 0 aromatic carbocycles. The van der Waals surface area contributed by atoms with Crippen LogP contribution in [0.15, 0.2) is 0 Å². The molecule has 0 saturated carbocycles. The van der Waals surface area contributed by atoms with Gasteiger partial charge in [0.25, 0.3) is 0 Å². The highest BCUT2D eigenvalue weighted by atomic mass is 32.2. The Kier molecular flexibility index (Phi) is 5.09. The van der Waals surface area contributed by atoms with Gasteiger partial charge in [0.2, 0.25) is 10.0 Å². The van der Waals surface area contributed by atoms with Crippen molar-refractivity contribution in [3.8, 4) is 0 Å². The topological polar surface area (TPSA) is 92.3 Å². The first-order valence-electron chi connectivity index (χ1n) is 7.21. The summed E-state index contributed by atoms with van der Waals surface area (Å²) in [4.78, 5) is 0. The zero-order chi connectivity index (χ0) is 14.8. The lowest BCUT2D eigenvalue weighted by molar-refractivity contribution is 0.323. The van der Waals surface area contributed by atoms with Gasteiger partial charge < -0.3 is 5.32 Å². The maximum atomic E-state index is 12.2. The third-order valence-corrected chi connectivity index (χ3v) is 7.91. The molecule has 2 heterocycles. The van der Waals surface area contributed by atoms with Gasteiger partial charge in [0.1, 0.15) is 9.84 Å². The largest absolute Gasteiger partial charge is 0.314 e. The predicted octanol–water partition coefficient (Wildman–Crippen LogP) is -0.129. The molecule has 0 aromatic heterocycles. The molecule has 2 atom stereocenters. The first-order chi connectivity index (χ1) is 9.28. The van der Waals surface area contributed by atoms with Gasteiger partial charge in [-0.3, -0.25) is 0 Å². The van der Waals surface area contributed by atoms with Crippen LogP contribution in [-0.4, -0.2) is 52.7 Å². The fraction of sp³-hybridized carbons (Fsp3) is 1.00. The van der Waals surface area contributed by atoms with Crippen LogP contribution < -0.4 is 10.0 Å². The monoisotopic (exact) mass is 324 g/mol. The van der Waals surface area contributed by atoms with Crippen molar-refractivity contribution in [3.63, 3.8) is 0 Å². The normalized spacial score (nSPS) is 32.0. The second-order valence-electron chi connectivity index (χ2n) is 6.00. The summed E-state index contributed by atoms with van der Waals surface area (Å²) in [5, 5.41) is 2.79. The van der Waals surface area contributed by atoms with E-state index in [-0.39, 0.29) is 24.3 Å². The first kappa shape index (κ1) is 16.2. The van der Waals surface area contributed by atoms with E-state index in [1.807, 2.05) is 0 Å². The Labute approximate surface area is 121 Å². The third-order valence-electron chi connectivity index (χ3n) is 4.28. The van der Waals surface area contributed by atoms with E-state index in [0.717, 1.165) is 19.4 Å². The van der Waals surface area contributed by atoms with Gasteiger partial charge >= 0.3 is 0 Å². The van der Waals surface area contributed by atoms with Crippen LogP contribution in [0.5, 0.6) is 0 Å². The lowest BCUT2D eigenvalue weighted by Gasteiger charge is -2.29. The summed E-state index contributed by atoms with van der Waals surface area (Å²) < 4.78 is 49.7. The van der Waals surface area contributed by atoms with E-state index in [1.165, 1.54) is 0 Å². The van der Waals surface area contributed by atoms with E-state index in [9.17, 15) is 16.8 Å². The lowest BCUT2D eigenvalue weighted by Crippen LogP contribution is -2.45. The molecule has 2 unspecified atom stereocenters. The summed E-state index contributed by atoms with van der Waals surface area (Å²) in [6.07, 6.45) is 2.53. The quantitative estimate of drug-likeness (QED) is 0.751. The average Bonchev–Trinajstić information content (AvgIpc) is 2.38. The molecule has 2 fully saturated rings. The van der Waals surface area contributed by atoms with Gasteiger partial charge in [-0.05, 0) is 45.1 Å². The Bertz CT molecular complexity index is 508. The van der Waals surface area contributed by atoms with E-state index < -0.39 is 25.1 Å². The number of hydrogen-bond donors (Lipinski definition) is 2. The number of piperidine rings is 1. The van der Waals surface area contributed by atoms with Crippen molar-refractivity contribution >= 4 is 19.9 Å². The molecule has 0 amide bonds. The van der Waals surface area contributed by atoms with E-state index in [1.54, 1.807) is 0 Å². The van der Waals surface area contributed by atoms with Crippen molar-refractivity contribution in [1.29, 1.82) is 0 Å². The summed E-state index contributed by atoms with van der Waals surface area (Å²) in [5.41, 5.74) is 0. The average molecular weight is 324 g/mol. The maximum Gasteiger partial charge on any atom is 0.214 e. The molecule has 2 aliphatic rings. The number of sulfonamides is 1. The van der Waals surface area contributed by atoms with E-state index >= 15 is 0 Å². The summed E-state index contributed by atoms with van der Waals surface area (Å²) >= 11 is 0. The van der Waals surface area contributed by atoms with Crippen molar-refractivity contribution in [2.45, 2.75) is 43.9 Å². The summed E-state index contributed by atoms with van der Waals surface area (Å²) in [6, 6.07) is 0.506. The molecule has 0 spiro atoms. The number of sulfone groups is 1. The molecule has 2 saturated heterocycles. The fourth-order valence-corrected chi connectivity index (χ4v) is 6.11. The number of nitrogens with one attached hydrogen (secondary N) is 2. The molecule has 0 aromatic rings. The molecule has 2 N–H and O–H groups in total. The highest BCUT2D eigenvalue weighted by Gasteiger charge is 2.33. The minimum atomic E-state index is -3.39. The van der Waals surface area contributed by atoms with Gasteiger partial charge in [0, 0.05) is 12.6 Å². The van der Waals surface area contributed by atoms with E-state index in [4.69, 9.17) is 0 Å². The standard InChI is InChI=1S/C12H24N2O4S2/c1-10-2-3-11(8-13-10)9-14-20(17,18)12-4-6-19(15,16)7-5-12/h10-14H,2-9H2,1H3. The third kappa shape index (κ3) is 4.41. The Morgan fingerprint density at radius 3 is 2.35 bits per heavy atom. The van der Waals surface area contributed by atoms with E-state index in [0.29, 0.717) is 18.5 Å². The molecule has 0 aliphatic carbocycles. The zero-order valence-corrected chi connectivity index (χ0v) is 13.5. The molecular formula is C12H24N2O4S2. The first-order valence-corrected chi connectivity index (χ1v) is 10.6. The van der Waals surface area contributed by atoms with Crippen molar-refractivity contribution in [2.24, 2.45) is 5.92 Å². The summed E-state index contributed by atoms with van der Waals surface area (Å²) in [5.74, 6) is 0.301. The van der Waals surface area contributed by atoms with Gasteiger partial charge in [0.05, 0.1) is 16.8 Å². The van der Waals surface area contributed by atoms with Crippen LogP contribution in [0.1, 0.15) is 32.6 Å². The minimum Gasteiger partial charge on any atom is -0.314 e. The molecule has 0 radical (unpaired) electrons. The smallest absolute Gasteiger partial charge is 0.214 e. The Morgan fingerprint density at radius 2 is 1.80 bits per heavy atom. The van der Waals surface area contributed by atoms with Crippen LogP contribution in [0, 0.1) is 5.92 Å². The van der Waals surface area contributed by atoms with Crippen molar-refractivity contribution < 1.29 is 16.8 Å². The highest BCUT2D eigenvalue weighted by molar-refractivity contribution is 7.92. The Hall–Kier alpha value is -0.180. The summed E-state index contributed by atoms with van der Waals surface area (Å²) in [7, 11) is -6.41. The van der Waals surface area contributed by atoms with Crippen LogP contribution in [0.2, 0.25) is 0 Å². The highest BCUT2D eigenvalue weighted by Crippen LogP contribution is 2.19. The number of hydrogen-bond acceptors (Lipinski definition) is 5. The Morgan fingerprint density at radius 1 is 1.15 bits per heavy atom. The van der Waals surface area contributed by atoms with Crippen LogP contribution in [0.3, 0.4) is 0 Å².